The molecule has 0 bridgehead atoms. The molecule has 2 aromatic carbocycles. The van der Waals surface area contributed by atoms with E-state index in [9.17, 15) is 9.18 Å². The van der Waals surface area contributed by atoms with Gasteiger partial charge in [-0.2, -0.15) is 0 Å². The summed E-state index contributed by atoms with van der Waals surface area (Å²) < 4.78 is 13.2. The van der Waals surface area contributed by atoms with Crippen LogP contribution in [0, 0.1) is 5.82 Å². The number of benzene rings is 2. The van der Waals surface area contributed by atoms with Crippen molar-refractivity contribution in [3.05, 3.63) is 59.4 Å². The second kappa shape index (κ2) is 4.96. The summed E-state index contributed by atoms with van der Waals surface area (Å²) in [7, 11) is 0. The largest absolute Gasteiger partial charge is 0.370 e. The molecule has 1 heterocycles. The average Bonchev–Trinajstić information content (AvgIpc) is 2.75. The summed E-state index contributed by atoms with van der Waals surface area (Å²) in [6, 6.07) is 11.8. The van der Waals surface area contributed by atoms with E-state index in [1.807, 2.05) is 24.3 Å². The van der Waals surface area contributed by atoms with Gasteiger partial charge in [-0.15, -0.1) is 0 Å². The summed E-state index contributed by atoms with van der Waals surface area (Å²) >= 11 is 0. The number of rotatable bonds is 3. The number of aryl methyl sites for hydroxylation is 1. The molecule has 3 rings (SSSR count). The van der Waals surface area contributed by atoms with E-state index in [2.05, 4.69) is 17.6 Å². The Bertz CT molecular complexity index is 652. The Morgan fingerprint density at radius 3 is 2.65 bits per heavy atom. The summed E-state index contributed by atoms with van der Waals surface area (Å²) in [6.07, 6.45) is 0.978. The van der Waals surface area contributed by atoms with Crippen molar-refractivity contribution in [2.75, 3.05) is 10.6 Å². The molecule has 20 heavy (non-hydrogen) atoms. The Labute approximate surface area is 116 Å². The van der Waals surface area contributed by atoms with Gasteiger partial charge in [0.05, 0.1) is 0 Å². The fourth-order valence-corrected chi connectivity index (χ4v) is 2.38. The fraction of sp³-hybridized carbons (Fsp3) is 0.188. The Balaban J connectivity index is 1.86. The van der Waals surface area contributed by atoms with Crippen LogP contribution < -0.4 is 10.6 Å². The van der Waals surface area contributed by atoms with Crippen LogP contribution in [-0.2, 0) is 11.2 Å². The van der Waals surface area contributed by atoms with E-state index in [4.69, 9.17) is 0 Å². The zero-order chi connectivity index (χ0) is 14.1. The van der Waals surface area contributed by atoms with E-state index in [1.54, 1.807) is 6.07 Å². The van der Waals surface area contributed by atoms with Crippen molar-refractivity contribution in [2.45, 2.75) is 19.4 Å². The summed E-state index contributed by atoms with van der Waals surface area (Å²) in [5.74, 6) is -0.512. The van der Waals surface area contributed by atoms with E-state index in [0.717, 1.165) is 17.7 Å². The lowest BCUT2D eigenvalue weighted by Gasteiger charge is -2.13. The monoisotopic (exact) mass is 270 g/mol. The fourth-order valence-electron chi connectivity index (χ4n) is 2.38. The number of fused-ring (bicyclic) bond motifs is 1. The van der Waals surface area contributed by atoms with Crippen molar-refractivity contribution >= 4 is 17.3 Å². The molecule has 0 aliphatic carbocycles. The predicted octanol–water partition coefficient (Wildman–Crippen LogP) is 3.49. The van der Waals surface area contributed by atoms with E-state index in [0.29, 0.717) is 5.69 Å². The maximum Gasteiger partial charge on any atom is 0.251 e. The summed E-state index contributed by atoms with van der Waals surface area (Å²) in [5, 5.41) is 5.87. The Morgan fingerprint density at radius 1 is 1.20 bits per heavy atom. The molecular weight excluding hydrogens is 255 g/mol. The molecule has 1 aliphatic heterocycles. The van der Waals surface area contributed by atoms with Gasteiger partial charge >= 0.3 is 0 Å². The van der Waals surface area contributed by atoms with Gasteiger partial charge in [0, 0.05) is 16.9 Å². The quantitative estimate of drug-likeness (QED) is 0.896. The van der Waals surface area contributed by atoms with E-state index >= 15 is 0 Å². The molecule has 0 radical (unpaired) electrons. The van der Waals surface area contributed by atoms with Crippen molar-refractivity contribution in [2.24, 2.45) is 0 Å². The SMILES string of the molecule is CCc1ccc(NC2C(=O)Nc3cc(F)ccc32)cc1. The van der Waals surface area contributed by atoms with Crippen molar-refractivity contribution in [3.63, 3.8) is 0 Å². The lowest BCUT2D eigenvalue weighted by molar-refractivity contribution is -0.116. The van der Waals surface area contributed by atoms with Gasteiger partial charge in [-0.05, 0) is 36.2 Å². The molecule has 0 saturated heterocycles. The Kier molecular flexibility index (Phi) is 3.14. The first kappa shape index (κ1) is 12.7. The standard InChI is InChI=1S/C16H15FN2O/c1-2-10-3-6-12(7-4-10)18-15-13-8-5-11(17)9-14(13)19-16(15)20/h3-9,15,18H,2H2,1H3,(H,19,20). The highest BCUT2D eigenvalue weighted by molar-refractivity contribution is 6.04. The van der Waals surface area contributed by atoms with Gasteiger partial charge in [-0.3, -0.25) is 4.79 Å². The van der Waals surface area contributed by atoms with Crippen LogP contribution in [0.1, 0.15) is 24.1 Å². The lowest BCUT2D eigenvalue weighted by Crippen LogP contribution is -2.19. The van der Waals surface area contributed by atoms with Crippen LogP contribution in [-0.4, -0.2) is 5.91 Å². The molecule has 1 atom stereocenters. The third-order valence-corrected chi connectivity index (χ3v) is 3.52. The van der Waals surface area contributed by atoms with Crippen LogP contribution in [0.4, 0.5) is 15.8 Å². The molecule has 102 valence electrons. The first-order valence-electron chi connectivity index (χ1n) is 6.63. The zero-order valence-electron chi connectivity index (χ0n) is 11.1. The Morgan fingerprint density at radius 2 is 1.95 bits per heavy atom. The van der Waals surface area contributed by atoms with E-state index in [-0.39, 0.29) is 11.7 Å². The smallest absolute Gasteiger partial charge is 0.251 e. The molecule has 1 amide bonds. The number of halogens is 1. The van der Waals surface area contributed by atoms with Gasteiger partial charge in [-0.1, -0.05) is 25.1 Å². The van der Waals surface area contributed by atoms with Gasteiger partial charge in [0.1, 0.15) is 11.9 Å². The summed E-state index contributed by atoms with van der Waals surface area (Å²) in [4.78, 5) is 12.0. The third kappa shape index (κ3) is 2.25. The molecule has 2 aromatic rings. The molecule has 0 aromatic heterocycles. The minimum atomic E-state index is -0.474. The van der Waals surface area contributed by atoms with Crippen molar-refractivity contribution in [3.8, 4) is 0 Å². The van der Waals surface area contributed by atoms with Crippen LogP contribution in [0.25, 0.3) is 0 Å². The average molecular weight is 270 g/mol. The second-order valence-corrected chi connectivity index (χ2v) is 4.85. The first-order valence-corrected chi connectivity index (χ1v) is 6.63. The van der Waals surface area contributed by atoms with Crippen LogP contribution in [0.3, 0.4) is 0 Å². The number of carbonyl (C=O) groups excluding carboxylic acids is 1. The van der Waals surface area contributed by atoms with Gasteiger partial charge in [0.15, 0.2) is 0 Å². The minimum Gasteiger partial charge on any atom is -0.370 e. The predicted molar refractivity (Wildman–Crippen MR) is 77.2 cm³/mol. The summed E-state index contributed by atoms with van der Waals surface area (Å²) in [5.41, 5.74) is 3.43. The molecule has 3 nitrogen and oxygen atoms in total. The normalized spacial score (nSPS) is 16.7. The number of nitrogens with one attached hydrogen (secondary N) is 2. The highest BCUT2D eigenvalue weighted by atomic mass is 19.1. The number of anilines is 2. The minimum absolute atomic E-state index is 0.162. The molecule has 0 fully saturated rings. The summed E-state index contributed by atoms with van der Waals surface area (Å²) in [6.45, 7) is 2.09. The third-order valence-electron chi connectivity index (χ3n) is 3.52. The maximum absolute atomic E-state index is 13.2. The van der Waals surface area contributed by atoms with Crippen LogP contribution >= 0.6 is 0 Å². The molecule has 1 unspecified atom stereocenters. The first-order chi connectivity index (χ1) is 9.67. The molecular formula is C16H15FN2O. The second-order valence-electron chi connectivity index (χ2n) is 4.85. The zero-order valence-corrected chi connectivity index (χ0v) is 11.1. The van der Waals surface area contributed by atoms with Crippen LogP contribution in [0.15, 0.2) is 42.5 Å². The van der Waals surface area contributed by atoms with Crippen molar-refractivity contribution < 1.29 is 9.18 Å². The highest BCUT2D eigenvalue weighted by Gasteiger charge is 2.30. The van der Waals surface area contributed by atoms with Gasteiger partial charge in [-0.25, -0.2) is 4.39 Å². The van der Waals surface area contributed by atoms with Gasteiger partial charge in [0.2, 0.25) is 0 Å². The molecule has 0 saturated carbocycles. The van der Waals surface area contributed by atoms with E-state index < -0.39 is 6.04 Å². The van der Waals surface area contributed by atoms with Crippen molar-refractivity contribution in [1.29, 1.82) is 0 Å². The maximum atomic E-state index is 13.2. The lowest BCUT2D eigenvalue weighted by atomic mass is 10.1. The highest BCUT2D eigenvalue weighted by Crippen LogP contribution is 2.33. The molecule has 4 heteroatoms. The number of hydrogen-bond donors (Lipinski definition) is 2. The number of carbonyl (C=O) groups is 1. The van der Waals surface area contributed by atoms with E-state index in [1.165, 1.54) is 17.7 Å². The van der Waals surface area contributed by atoms with Gasteiger partial charge < -0.3 is 10.6 Å². The van der Waals surface area contributed by atoms with Crippen LogP contribution in [0.2, 0.25) is 0 Å². The topological polar surface area (TPSA) is 41.1 Å². The molecule has 1 aliphatic rings. The Hall–Kier alpha value is -2.36. The number of amides is 1. The van der Waals surface area contributed by atoms with Crippen molar-refractivity contribution in [1.82, 2.24) is 0 Å². The van der Waals surface area contributed by atoms with Crippen LogP contribution in [0.5, 0.6) is 0 Å². The van der Waals surface area contributed by atoms with Gasteiger partial charge in [0.25, 0.3) is 5.91 Å². The number of hydrogen-bond acceptors (Lipinski definition) is 2. The molecule has 0 spiro atoms. The molecule has 2 N–H and O–H groups in total.